The van der Waals surface area contributed by atoms with Gasteiger partial charge in [-0.25, -0.2) is 0 Å². The third-order valence-corrected chi connectivity index (χ3v) is 2.98. The van der Waals surface area contributed by atoms with E-state index in [0.29, 0.717) is 13.0 Å². The highest BCUT2D eigenvalue weighted by molar-refractivity contribution is 5.68. The van der Waals surface area contributed by atoms with Crippen LogP contribution in [0.5, 0.6) is 0 Å². The van der Waals surface area contributed by atoms with Gasteiger partial charge in [-0.05, 0) is 16.7 Å². The maximum absolute atomic E-state index is 11.1. The zero-order valence-corrected chi connectivity index (χ0v) is 11.1. The molecule has 0 heterocycles. The van der Waals surface area contributed by atoms with Gasteiger partial charge in [-0.15, -0.1) is 0 Å². The van der Waals surface area contributed by atoms with Crippen molar-refractivity contribution in [2.75, 3.05) is 6.61 Å². The first-order valence-corrected chi connectivity index (χ1v) is 6.59. The van der Waals surface area contributed by atoms with Crippen molar-refractivity contribution >= 4 is 5.97 Å². The lowest BCUT2D eigenvalue weighted by Crippen LogP contribution is -2.05. The van der Waals surface area contributed by atoms with Crippen molar-refractivity contribution in [3.8, 4) is 11.1 Å². The Bertz CT molecular complexity index is 532. The molecular formula is C17H18O2. The maximum Gasteiger partial charge on any atom is 0.305 e. The highest BCUT2D eigenvalue weighted by atomic mass is 16.5. The van der Waals surface area contributed by atoms with E-state index in [4.69, 9.17) is 4.74 Å². The van der Waals surface area contributed by atoms with Gasteiger partial charge in [-0.3, -0.25) is 4.79 Å². The smallest absolute Gasteiger partial charge is 0.305 e. The van der Waals surface area contributed by atoms with Crippen LogP contribution in [-0.4, -0.2) is 12.6 Å². The Hall–Kier alpha value is -2.09. The zero-order chi connectivity index (χ0) is 13.5. The van der Waals surface area contributed by atoms with E-state index in [1.165, 1.54) is 16.7 Å². The van der Waals surface area contributed by atoms with Crippen molar-refractivity contribution in [3.05, 3.63) is 60.2 Å². The fraction of sp³-hybridized carbons (Fsp3) is 0.235. The summed E-state index contributed by atoms with van der Waals surface area (Å²) in [5, 5.41) is 0. The molecule has 2 aromatic carbocycles. The van der Waals surface area contributed by atoms with Crippen molar-refractivity contribution in [1.82, 2.24) is 0 Å². The molecule has 2 rings (SSSR count). The highest BCUT2D eigenvalue weighted by Gasteiger charge is 2.01. The molecule has 0 aliphatic carbocycles. The number of rotatable bonds is 5. The van der Waals surface area contributed by atoms with Crippen LogP contribution in [0, 0.1) is 0 Å². The SMILES string of the molecule is CCC(=O)OCCc1cccc(-c2ccccc2)c1. The number of ether oxygens (including phenoxy) is 1. The average Bonchev–Trinajstić information content (AvgIpc) is 2.48. The van der Waals surface area contributed by atoms with Crippen LogP contribution in [0.3, 0.4) is 0 Å². The van der Waals surface area contributed by atoms with Gasteiger partial charge in [0.1, 0.15) is 0 Å². The Balaban J connectivity index is 2.02. The fourth-order valence-electron chi connectivity index (χ4n) is 1.92. The summed E-state index contributed by atoms with van der Waals surface area (Å²) < 4.78 is 5.10. The van der Waals surface area contributed by atoms with E-state index in [1.54, 1.807) is 6.92 Å². The summed E-state index contributed by atoms with van der Waals surface area (Å²) in [5.41, 5.74) is 3.58. The summed E-state index contributed by atoms with van der Waals surface area (Å²) in [7, 11) is 0. The monoisotopic (exact) mass is 254 g/mol. The molecular weight excluding hydrogens is 236 g/mol. The fourth-order valence-corrected chi connectivity index (χ4v) is 1.92. The van der Waals surface area contributed by atoms with E-state index in [9.17, 15) is 4.79 Å². The van der Waals surface area contributed by atoms with Crippen molar-refractivity contribution in [2.45, 2.75) is 19.8 Å². The molecule has 0 bridgehead atoms. The van der Waals surface area contributed by atoms with Gasteiger partial charge in [0.15, 0.2) is 0 Å². The first-order valence-electron chi connectivity index (χ1n) is 6.59. The third-order valence-electron chi connectivity index (χ3n) is 2.98. The van der Waals surface area contributed by atoms with E-state index >= 15 is 0 Å². The molecule has 0 aliphatic rings. The third kappa shape index (κ3) is 3.95. The molecule has 0 atom stereocenters. The summed E-state index contributed by atoms with van der Waals surface area (Å²) in [6.07, 6.45) is 1.19. The summed E-state index contributed by atoms with van der Waals surface area (Å²) in [4.78, 5) is 11.1. The van der Waals surface area contributed by atoms with E-state index in [-0.39, 0.29) is 5.97 Å². The number of hydrogen-bond acceptors (Lipinski definition) is 2. The lowest BCUT2D eigenvalue weighted by Gasteiger charge is -2.06. The Morgan fingerprint density at radius 2 is 1.74 bits per heavy atom. The predicted octanol–water partition coefficient (Wildman–Crippen LogP) is 3.85. The van der Waals surface area contributed by atoms with Crippen LogP contribution >= 0.6 is 0 Å². The number of carbonyl (C=O) groups is 1. The highest BCUT2D eigenvalue weighted by Crippen LogP contribution is 2.20. The molecule has 19 heavy (non-hydrogen) atoms. The van der Waals surface area contributed by atoms with Gasteiger partial charge in [0.05, 0.1) is 6.61 Å². The molecule has 0 amide bonds. The van der Waals surface area contributed by atoms with Gasteiger partial charge in [0.25, 0.3) is 0 Å². The van der Waals surface area contributed by atoms with Crippen molar-refractivity contribution < 1.29 is 9.53 Å². The predicted molar refractivity (Wildman–Crippen MR) is 76.8 cm³/mol. The quantitative estimate of drug-likeness (QED) is 0.757. The van der Waals surface area contributed by atoms with Crippen LogP contribution in [0.1, 0.15) is 18.9 Å². The molecule has 2 nitrogen and oxygen atoms in total. The van der Waals surface area contributed by atoms with Crippen LogP contribution in [0.4, 0.5) is 0 Å². The van der Waals surface area contributed by atoms with Crippen molar-refractivity contribution in [3.63, 3.8) is 0 Å². The Morgan fingerprint density at radius 1 is 1.00 bits per heavy atom. The number of benzene rings is 2. The minimum absolute atomic E-state index is 0.140. The Morgan fingerprint density at radius 3 is 2.47 bits per heavy atom. The van der Waals surface area contributed by atoms with E-state index < -0.39 is 0 Å². The standard InChI is InChI=1S/C17H18O2/c1-2-17(18)19-12-11-14-7-6-10-16(13-14)15-8-4-3-5-9-15/h3-10,13H,2,11-12H2,1H3. The second kappa shape index (κ2) is 6.74. The molecule has 98 valence electrons. The Labute approximate surface area is 114 Å². The summed E-state index contributed by atoms with van der Waals surface area (Å²) in [6.45, 7) is 2.25. The van der Waals surface area contributed by atoms with Crippen LogP contribution in [0.15, 0.2) is 54.6 Å². The first kappa shape index (κ1) is 13.3. The minimum atomic E-state index is -0.140. The van der Waals surface area contributed by atoms with Gasteiger partial charge < -0.3 is 4.74 Å². The normalized spacial score (nSPS) is 10.2. The van der Waals surface area contributed by atoms with Crippen LogP contribution < -0.4 is 0 Å². The molecule has 2 heteroatoms. The molecule has 0 unspecified atom stereocenters. The number of carbonyl (C=O) groups excluding carboxylic acids is 1. The van der Waals surface area contributed by atoms with Gasteiger partial charge in [-0.1, -0.05) is 61.5 Å². The molecule has 2 aromatic rings. The molecule has 0 N–H and O–H groups in total. The second-order valence-corrected chi connectivity index (χ2v) is 4.39. The van der Waals surface area contributed by atoms with Gasteiger partial charge in [0, 0.05) is 12.8 Å². The summed E-state index contributed by atoms with van der Waals surface area (Å²) in [6, 6.07) is 18.6. The van der Waals surface area contributed by atoms with E-state index in [1.807, 2.05) is 24.3 Å². The molecule has 0 aliphatic heterocycles. The number of hydrogen-bond donors (Lipinski definition) is 0. The topological polar surface area (TPSA) is 26.3 Å². The zero-order valence-electron chi connectivity index (χ0n) is 11.1. The second-order valence-electron chi connectivity index (χ2n) is 4.39. The maximum atomic E-state index is 11.1. The van der Waals surface area contributed by atoms with Crippen LogP contribution in [0.25, 0.3) is 11.1 Å². The van der Waals surface area contributed by atoms with E-state index in [2.05, 4.69) is 30.3 Å². The molecule has 0 spiro atoms. The molecule has 0 aromatic heterocycles. The van der Waals surface area contributed by atoms with Gasteiger partial charge >= 0.3 is 5.97 Å². The van der Waals surface area contributed by atoms with Gasteiger partial charge in [-0.2, -0.15) is 0 Å². The van der Waals surface area contributed by atoms with Crippen LogP contribution in [-0.2, 0) is 16.0 Å². The lowest BCUT2D eigenvalue weighted by molar-refractivity contribution is -0.143. The number of esters is 1. The van der Waals surface area contributed by atoms with Crippen molar-refractivity contribution in [2.24, 2.45) is 0 Å². The lowest BCUT2D eigenvalue weighted by atomic mass is 10.0. The minimum Gasteiger partial charge on any atom is -0.465 e. The largest absolute Gasteiger partial charge is 0.465 e. The molecule has 0 radical (unpaired) electrons. The summed E-state index contributed by atoms with van der Waals surface area (Å²) >= 11 is 0. The Kier molecular flexibility index (Phi) is 4.73. The molecule has 0 saturated heterocycles. The van der Waals surface area contributed by atoms with Gasteiger partial charge in [0.2, 0.25) is 0 Å². The first-order chi connectivity index (χ1) is 9.29. The van der Waals surface area contributed by atoms with Crippen LogP contribution in [0.2, 0.25) is 0 Å². The molecule has 0 fully saturated rings. The summed E-state index contributed by atoms with van der Waals surface area (Å²) in [5.74, 6) is -0.140. The average molecular weight is 254 g/mol. The van der Waals surface area contributed by atoms with E-state index in [0.717, 1.165) is 6.42 Å². The molecule has 0 saturated carbocycles. The van der Waals surface area contributed by atoms with Crippen molar-refractivity contribution in [1.29, 1.82) is 0 Å².